The molecule has 0 aromatic heterocycles. The molecule has 140 valence electrons. The lowest BCUT2D eigenvalue weighted by atomic mass is 9.78. The van der Waals surface area contributed by atoms with Gasteiger partial charge < -0.3 is 14.5 Å². The fourth-order valence-electron chi connectivity index (χ4n) is 4.58. The highest BCUT2D eigenvalue weighted by molar-refractivity contribution is 5.82. The van der Waals surface area contributed by atoms with Gasteiger partial charge in [0.25, 0.3) is 0 Å². The molecule has 1 heterocycles. The number of carbonyl (C=O) groups is 2. The van der Waals surface area contributed by atoms with E-state index in [-0.39, 0.29) is 11.6 Å². The van der Waals surface area contributed by atoms with Crippen LogP contribution in [0.4, 0.5) is 4.79 Å². The maximum atomic E-state index is 13.2. The number of methoxy groups -OCH3 is 1. The van der Waals surface area contributed by atoms with Crippen molar-refractivity contribution in [2.45, 2.75) is 57.0 Å². The van der Waals surface area contributed by atoms with Gasteiger partial charge in [-0.3, -0.25) is 4.79 Å². The van der Waals surface area contributed by atoms with Crippen molar-refractivity contribution in [1.82, 2.24) is 9.80 Å². The number of hydrogen-bond donors (Lipinski definition) is 0. The van der Waals surface area contributed by atoms with E-state index in [0.29, 0.717) is 31.1 Å². The highest BCUT2D eigenvalue weighted by Crippen LogP contribution is 2.41. The summed E-state index contributed by atoms with van der Waals surface area (Å²) in [6, 6.07) is 8.09. The Balaban J connectivity index is 1.52. The zero-order valence-electron chi connectivity index (χ0n) is 15.6. The molecule has 0 unspecified atom stereocenters. The standard InChI is InChI=1S/C21H28N2O3/c1-26-19-7-5-17(6-8-19)13-22-15-21(11-9-18(24)10-12-21)23(20(22)25)14-16-3-2-4-16/h5-8,16H,2-4,9-15H2,1H3. The van der Waals surface area contributed by atoms with Crippen LogP contribution in [0.5, 0.6) is 5.75 Å². The highest BCUT2D eigenvalue weighted by atomic mass is 16.5. The predicted molar refractivity (Wildman–Crippen MR) is 99.1 cm³/mol. The molecule has 0 atom stereocenters. The quantitative estimate of drug-likeness (QED) is 0.810. The first kappa shape index (κ1) is 17.4. The monoisotopic (exact) mass is 356 g/mol. The molecular weight excluding hydrogens is 328 g/mol. The molecule has 1 aliphatic heterocycles. The Morgan fingerprint density at radius 1 is 1.12 bits per heavy atom. The lowest BCUT2D eigenvalue weighted by Crippen LogP contribution is -2.51. The van der Waals surface area contributed by atoms with E-state index < -0.39 is 0 Å². The summed E-state index contributed by atoms with van der Waals surface area (Å²) < 4.78 is 5.22. The Bertz CT molecular complexity index is 671. The van der Waals surface area contributed by atoms with Crippen molar-refractivity contribution in [3.8, 4) is 5.75 Å². The fraction of sp³-hybridized carbons (Fsp3) is 0.619. The molecule has 2 amide bonds. The minimum Gasteiger partial charge on any atom is -0.497 e. The van der Waals surface area contributed by atoms with Crippen molar-refractivity contribution in [3.05, 3.63) is 29.8 Å². The number of Topliss-reactive ketones (excluding diaryl/α,β-unsaturated/α-hetero) is 1. The molecule has 5 heteroatoms. The van der Waals surface area contributed by atoms with Gasteiger partial charge in [0.15, 0.2) is 0 Å². The van der Waals surface area contributed by atoms with Gasteiger partial charge in [0.05, 0.1) is 12.6 Å². The van der Waals surface area contributed by atoms with Crippen molar-refractivity contribution in [3.63, 3.8) is 0 Å². The molecule has 1 aromatic carbocycles. The Morgan fingerprint density at radius 3 is 2.38 bits per heavy atom. The minimum atomic E-state index is -0.132. The number of nitrogens with zero attached hydrogens (tertiary/aromatic N) is 2. The van der Waals surface area contributed by atoms with Crippen molar-refractivity contribution >= 4 is 11.8 Å². The Morgan fingerprint density at radius 2 is 1.81 bits per heavy atom. The third-order valence-corrected chi connectivity index (χ3v) is 6.50. The smallest absolute Gasteiger partial charge is 0.320 e. The molecule has 3 aliphatic rings. The number of ketones is 1. The lowest BCUT2D eigenvalue weighted by molar-refractivity contribution is -0.122. The molecule has 2 saturated carbocycles. The molecule has 26 heavy (non-hydrogen) atoms. The van der Waals surface area contributed by atoms with Crippen LogP contribution in [0.25, 0.3) is 0 Å². The number of hydrogen-bond acceptors (Lipinski definition) is 3. The lowest BCUT2D eigenvalue weighted by Gasteiger charge is -2.42. The number of urea groups is 1. The van der Waals surface area contributed by atoms with E-state index in [9.17, 15) is 9.59 Å². The van der Waals surface area contributed by atoms with E-state index in [1.54, 1.807) is 7.11 Å². The van der Waals surface area contributed by atoms with E-state index in [2.05, 4.69) is 4.90 Å². The van der Waals surface area contributed by atoms with E-state index in [1.165, 1.54) is 19.3 Å². The minimum absolute atomic E-state index is 0.132. The Kier molecular flexibility index (Phi) is 4.63. The maximum absolute atomic E-state index is 13.2. The van der Waals surface area contributed by atoms with Crippen molar-refractivity contribution < 1.29 is 14.3 Å². The van der Waals surface area contributed by atoms with Gasteiger partial charge in [0.1, 0.15) is 11.5 Å². The van der Waals surface area contributed by atoms with Crippen molar-refractivity contribution in [1.29, 1.82) is 0 Å². The molecule has 1 saturated heterocycles. The van der Waals surface area contributed by atoms with Crippen LogP contribution >= 0.6 is 0 Å². The van der Waals surface area contributed by atoms with Crippen LogP contribution in [0.1, 0.15) is 50.5 Å². The number of carbonyl (C=O) groups excluding carboxylic acids is 2. The van der Waals surface area contributed by atoms with E-state index in [0.717, 1.165) is 37.2 Å². The maximum Gasteiger partial charge on any atom is 0.320 e. The Labute approximate surface area is 155 Å². The Hall–Kier alpha value is -2.04. The third-order valence-electron chi connectivity index (χ3n) is 6.50. The summed E-state index contributed by atoms with van der Waals surface area (Å²) in [5, 5.41) is 0. The summed E-state index contributed by atoms with van der Waals surface area (Å²) in [6.07, 6.45) is 6.63. The van der Waals surface area contributed by atoms with Gasteiger partial charge in [-0.15, -0.1) is 0 Å². The van der Waals surface area contributed by atoms with Crippen molar-refractivity contribution in [2.75, 3.05) is 20.2 Å². The van der Waals surface area contributed by atoms with Crippen LogP contribution in [0.15, 0.2) is 24.3 Å². The fourth-order valence-corrected chi connectivity index (χ4v) is 4.58. The highest BCUT2D eigenvalue weighted by Gasteiger charge is 2.51. The zero-order valence-corrected chi connectivity index (χ0v) is 15.6. The van der Waals surface area contributed by atoms with Crippen LogP contribution in [-0.2, 0) is 11.3 Å². The molecule has 0 radical (unpaired) electrons. The normalized spacial score (nSPS) is 22.8. The molecule has 1 spiro atoms. The first-order chi connectivity index (χ1) is 12.6. The van der Waals surface area contributed by atoms with Gasteiger partial charge in [-0.1, -0.05) is 18.6 Å². The van der Waals surface area contributed by atoms with Gasteiger partial charge in [-0.25, -0.2) is 4.79 Å². The summed E-state index contributed by atoms with van der Waals surface area (Å²) in [5.74, 6) is 1.82. The van der Waals surface area contributed by atoms with Gasteiger partial charge in [-0.2, -0.15) is 0 Å². The van der Waals surface area contributed by atoms with Gasteiger partial charge >= 0.3 is 6.03 Å². The van der Waals surface area contributed by atoms with Gasteiger partial charge in [-0.05, 0) is 49.3 Å². The van der Waals surface area contributed by atoms with Crippen LogP contribution in [0.2, 0.25) is 0 Å². The van der Waals surface area contributed by atoms with Crippen LogP contribution in [-0.4, -0.2) is 47.4 Å². The predicted octanol–water partition coefficient (Wildman–Crippen LogP) is 3.61. The van der Waals surface area contributed by atoms with E-state index in [1.807, 2.05) is 29.2 Å². The second kappa shape index (κ2) is 6.93. The topological polar surface area (TPSA) is 49.9 Å². The van der Waals surface area contributed by atoms with Gasteiger partial charge in [0.2, 0.25) is 0 Å². The molecular formula is C21H28N2O3. The summed E-state index contributed by atoms with van der Waals surface area (Å²) >= 11 is 0. The SMILES string of the molecule is COc1ccc(CN2CC3(CCC(=O)CC3)N(CC3CCC3)C2=O)cc1. The average molecular weight is 356 g/mol. The summed E-state index contributed by atoms with van der Waals surface area (Å²) in [4.78, 5) is 29.1. The third kappa shape index (κ3) is 3.19. The number of amides is 2. The molecule has 0 N–H and O–H groups in total. The van der Waals surface area contributed by atoms with Gasteiger partial charge in [0, 0.05) is 32.5 Å². The molecule has 0 bridgehead atoms. The first-order valence-corrected chi connectivity index (χ1v) is 9.81. The molecule has 4 rings (SSSR count). The van der Waals surface area contributed by atoms with Crippen LogP contribution < -0.4 is 4.74 Å². The first-order valence-electron chi connectivity index (χ1n) is 9.81. The molecule has 5 nitrogen and oxygen atoms in total. The number of ether oxygens (including phenoxy) is 1. The average Bonchev–Trinajstić information content (AvgIpc) is 2.86. The summed E-state index contributed by atoms with van der Waals surface area (Å²) in [6.45, 7) is 2.24. The molecule has 2 aliphatic carbocycles. The molecule has 3 fully saturated rings. The summed E-state index contributed by atoms with van der Waals surface area (Å²) in [7, 11) is 1.66. The zero-order chi connectivity index (χ0) is 18.1. The number of rotatable bonds is 5. The summed E-state index contributed by atoms with van der Waals surface area (Å²) in [5.41, 5.74) is 0.985. The van der Waals surface area contributed by atoms with Crippen LogP contribution in [0.3, 0.4) is 0 Å². The van der Waals surface area contributed by atoms with Crippen molar-refractivity contribution in [2.24, 2.45) is 5.92 Å². The van der Waals surface area contributed by atoms with E-state index in [4.69, 9.17) is 4.74 Å². The number of benzene rings is 1. The second-order valence-electron chi connectivity index (χ2n) is 8.16. The van der Waals surface area contributed by atoms with Crippen LogP contribution in [0, 0.1) is 5.92 Å². The largest absolute Gasteiger partial charge is 0.497 e. The molecule has 1 aromatic rings. The second-order valence-corrected chi connectivity index (χ2v) is 8.16. The van der Waals surface area contributed by atoms with E-state index >= 15 is 0 Å².